The minimum atomic E-state index is 0.134. The zero-order valence-corrected chi connectivity index (χ0v) is 13.8. The summed E-state index contributed by atoms with van der Waals surface area (Å²) >= 11 is 0. The summed E-state index contributed by atoms with van der Waals surface area (Å²) in [6.45, 7) is 9.54. The van der Waals surface area contributed by atoms with Gasteiger partial charge in [-0.05, 0) is 43.7 Å². The molecule has 2 rings (SSSR count). The van der Waals surface area contributed by atoms with Crippen molar-refractivity contribution in [2.45, 2.75) is 46.6 Å². The van der Waals surface area contributed by atoms with E-state index >= 15 is 0 Å². The number of amides is 1. The second-order valence-electron chi connectivity index (χ2n) is 6.35. The van der Waals surface area contributed by atoms with E-state index in [1.807, 2.05) is 24.1 Å². The number of hydrogen-bond acceptors (Lipinski definition) is 3. The standard InChI is InChI=1S/C17H27N3O/c1-6-15-8-14(9-16(18-5)19-15)17(21)20-10-11(2)7-12(3)13(20)4/h8-9,11-13H,6-7,10H2,1-5H3,(H,18,19). The quantitative estimate of drug-likeness (QED) is 0.929. The summed E-state index contributed by atoms with van der Waals surface area (Å²) in [5, 5.41) is 3.05. The van der Waals surface area contributed by atoms with Gasteiger partial charge in [-0.25, -0.2) is 4.98 Å². The number of pyridine rings is 1. The molecule has 21 heavy (non-hydrogen) atoms. The topological polar surface area (TPSA) is 45.2 Å². The molecule has 0 spiro atoms. The third-order valence-corrected chi connectivity index (χ3v) is 4.60. The molecule has 1 saturated heterocycles. The Kier molecular flexibility index (Phi) is 4.86. The van der Waals surface area contributed by atoms with Gasteiger partial charge in [0.1, 0.15) is 5.82 Å². The van der Waals surface area contributed by atoms with E-state index < -0.39 is 0 Å². The van der Waals surface area contributed by atoms with E-state index in [0.717, 1.165) is 30.0 Å². The molecule has 3 atom stereocenters. The molecule has 0 bridgehead atoms. The summed E-state index contributed by atoms with van der Waals surface area (Å²) < 4.78 is 0. The van der Waals surface area contributed by atoms with Crippen LogP contribution in [0, 0.1) is 11.8 Å². The van der Waals surface area contributed by atoms with Gasteiger partial charge in [-0.1, -0.05) is 20.8 Å². The number of nitrogens with zero attached hydrogens (tertiary/aromatic N) is 2. The lowest BCUT2D eigenvalue weighted by atomic mass is 9.85. The second kappa shape index (κ2) is 6.46. The van der Waals surface area contributed by atoms with Gasteiger partial charge in [0, 0.05) is 30.9 Å². The number of hydrogen-bond donors (Lipinski definition) is 1. The fourth-order valence-corrected chi connectivity index (χ4v) is 3.17. The van der Waals surface area contributed by atoms with Crippen molar-refractivity contribution in [1.82, 2.24) is 9.88 Å². The molecular weight excluding hydrogens is 262 g/mol. The fraction of sp³-hybridized carbons (Fsp3) is 0.647. The molecule has 1 N–H and O–H groups in total. The average molecular weight is 289 g/mol. The van der Waals surface area contributed by atoms with Crippen LogP contribution in [-0.2, 0) is 6.42 Å². The third-order valence-electron chi connectivity index (χ3n) is 4.60. The number of carbonyl (C=O) groups is 1. The average Bonchev–Trinajstić information content (AvgIpc) is 2.49. The van der Waals surface area contributed by atoms with Gasteiger partial charge in [-0.2, -0.15) is 0 Å². The molecule has 4 heteroatoms. The Hall–Kier alpha value is -1.58. The van der Waals surface area contributed by atoms with Crippen LogP contribution in [0.5, 0.6) is 0 Å². The number of anilines is 1. The van der Waals surface area contributed by atoms with Crippen molar-refractivity contribution in [2.24, 2.45) is 11.8 Å². The summed E-state index contributed by atoms with van der Waals surface area (Å²) in [5.41, 5.74) is 1.70. The van der Waals surface area contributed by atoms with Crippen molar-refractivity contribution in [3.63, 3.8) is 0 Å². The van der Waals surface area contributed by atoms with Crippen molar-refractivity contribution < 1.29 is 4.79 Å². The van der Waals surface area contributed by atoms with E-state index in [-0.39, 0.29) is 5.91 Å². The zero-order chi connectivity index (χ0) is 15.6. The molecule has 0 aliphatic carbocycles. The highest BCUT2D eigenvalue weighted by molar-refractivity contribution is 5.95. The molecule has 1 aliphatic rings. The van der Waals surface area contributed by atoms with Gasteiger partial charge in [0.15, 0.2) is 0 Å². The minimum Gasteiger partial charge on any atom is -0.373 e. The largest absolute Gasteiger partial charge is 0.373 e. The van der Waals surface area contributed by atoms with Crippen molar-refractivity contribution in [2.75, 3.05) is 18.9 Å². The first kappa shape index (κ1) is 15.8. The molecule has 1 aromatic heterocycles. The van der Waals surface area contributed by atoms with Gasteiger partial charge < -0.3 is 10.2 Å². The number of aryl methyl sites for hydroxylation is 1. The van der Waals surface area contributed by atoms with Crippen LogP contribution >= 0.6 is 0 Å². The number of rotatable bonds is 3. The Morgan fingerprint density at radius 1 is 1.38 bits per heavy atom. The maximum Gasteiger partial charge on any atom is 0.254 e. The van der Waals surface area contributed by atoms with Crippen LogP contribution in [-0.4, -0.2) is 35.4 Å². The van der Waals surface area contributed by atoms with Gasteiger partial charge >= 0.3 is 0 Å². The first-order chi connectivity index (χ1) is 9.96. The van der Waals surface area contributed by atoms with Crippen molar-refractivity contribution >= 4 is 11.7 Å². The summed E-state index contributed by atoms with van der Waals surface area (Å²) in [4.78, 5) is 19.4. The van der Waals surface area contributed by atoms with Crippen LogP contribution in [0.2, 0.25) is 0 Å². The van der Waals surface area contributed by atoms with Gasteiger partial charge in [0.05, 0.1) is 0 Å². The Bertz CT molecular complexity index is 493. The van der Waals surface area contributed by atoms with E-state index in [1.165, 1.54) is 6.42 Å². The summed E-state index contributed by atoms with van der Waals surface area (Å²) in [6.07, 6.45) is 2.03. The Balaban J connectivity index is 2.30. The van der Waals surface area contributed by atoms with E-state index in [9.17, 15) is 4.79 Å². The summed E-state index contributed by atoms with van der Waals surface area (Å²) in [7, 11) is 1.84. The smallest absolute Gasteiger partial charge is 0.254 e. The first-order valence-electron chi connectivity index (χ1n) is 7.95. The van der Waals surface area contributed by atoms with Crippen molar-refractivity contribution in [3.05, 3.63) is 23.4 Å². The number of aromatic nitrogens is 1. The van der Waals surface area contributed by atoms with Gasteiger partial charge in [-0.15, -0.1) is 0 Å². The predicted molar refractivity (Wildman–Crippen MR) is 86.6 cm³/mol. The van der Waals surface area contributed by atoms with Crippen LogP contribution in [0.1, 0.15) is 50.2 Å². The maximum atomic E-state index is 12.9. The molecule has 2 heterocycles. The molecule has 1 fully saturated rings. The van der Waals surface area contributed by atoms with E-state index in [0.29, 0.717) is 17.9 Å². The monoisotopic (exact) mass is 289 g/mol. The zero-order valence-electron chi connectivity index (χ0n) is 13.8. The van der Waals surface area contributed by atoms with Crippen LogP contribution in [0.3, 0.4) is 0 Å². The Morgan fingerprint density at radius 3 is 2.71 bits per heavy atom. The molecule has 4 nitrogen and oxygen atoms in total. The van der Waals surface area contributed by atoms with Gasteiger partial charge in [0.25, 0.3) is 5.91 Å². The number of piperidine rings is 1. The molecule has 0 radical (unpaired) electrons. The highest BCUT2D eigenvalue weighted by Gasteiger charge is 2.32. The summed E-state index contributed by atoms with van der Waals surface area (Å²) in [6, 6.07) is 4.09. The Morgan fingerprint density at radius 2 is 2.10 bits per heavy atom. The Labute approximate surface area is 127 Å². The molecule has 1 amide bonds. The molecule has 0 saturated carbocycles. The molecular formula is C17H27N3O. The lowest BCUT2D eigenvalue weighted by Crippen LogP contribution is -2.48. The van der Waals surface area contributed by atoms with Crippen LogP contribution in [0.25, 0.3) is 0 Å². The van der Waals surface area contributed by atoms with Crippen molar-refractivity contribution in [1.29, 1.82) is 0 Å². The number of likely N-dealkylation sites (tertiary alicyclic amines) is 1. The van der Waals surface area contributed by atoms with Gasteiger partial charge in [-0.3, -0.25) is 4.79 Å². The van der Waals surface area contributed by atoms with Gasteiger partial charge in [0.2, 0.25) is 0 Å². The minimum absolute atomic E-state index is 0.134. The van der Waals surface area contributed by atoms with Crippen molar-refractivity contribution in [3.8, 4) is 0 Å². The molecule has 3 unspecified atom stereocenters. The first-order valence-corrected chi connectivity index (χ1v) is 7.95. The highest BCUT2D eigenvalue weighted by Crippen LogP contribution is 2.28. The van der Waals surface area contributed by atoms with E-state index in [1.54, 1.807) is 0 Å². The van der Waals surface area contributed by atoms with E-state index in [2.05, 4.69) is 38.0 Å². The molecule has 116 valence electrons. The summed E-state index contributed by atoms with van der Waals surface area (Å²) in [5.74, 6) is 2.02. The number of carbonyl (C=O) groups excluding carboxylic acids is 1. The normalized spacial score (nSPS) is 25.8. The lowest BCUT2D eigenvalue weighted by Gasteiger charge is -2.41. The van der Waals surface area contributed by atoms with Crippen LogP contribution in [0.15, 0.2) is 12.1 Å². The molecule has 1 aliphatic heterocycles. The fourth-order valence-electron chi connectivity index (χ4n) is 3.17. The highest BCUT2D eigenvalue weighted by atomic mass is 16.2. The van der Waals surface area contributed by atoms with Crippen LogP contribution < -0.4 is 5.32 Å². The molecule has 0 aromatic carbocycles. The van der Waals surface area contributed by atoms with Crippen LogP contribution in [0.4, 0.5) is 5.82 Å². The third kappa shape index (κ3) is 3.36. The predicted octanol–water partition coefficient (Wildman–Crippen LogP) is 3.19. The van der Waals surface area contributed by atoms with E-state index in [4.69, 9.17) is 0 Å². The maximum absolute atomic E-state index is 12.9. The second-order valence-corrected chi connectivity index (χ2v) is 6.35. The lowest BCUT2D eigenvalue weighted by molar-refractivity contribution is 0.0455. The number of nitrogens with one attached hydrogen (secondary N) is 1. The molecule has 1 aromatic rings. The SMILES string of the molecule is CCc1cc(C(=O)N2CC(C)CC(C)C2C)cc(NC)n1.